The first-order valence-electron chi connectivity index (χ1n) is 40.6. The molecule has 0 heterocycles. The molecule has 8 N–H and O–H groups in total. The second kappa shape index (κ2) is 54.2. The minimum Gasteiger partial charge on any atom is -0.481 e. The van der Waals surface area contributed by atoms with Gasteiger partial charge in [-0.15, -0.1) is 0 Å². The van der Waals surface area contributed by atoms with Gasteiger partial charge in [0, 0.05) is 13.3 Å². The summed E-state index contributed by atoms with van der Waals surface area (Å²) in [7, 11) is 0. The number of nitrogens with one attached hydrogen (secondary N) is 6. The first-order valence-corrected chi connectivity index (χ1v) is 40.6. The van der Waals surface area contributed by atoms with Crippen LogP contribution in [0.1, 0.15) is 317 Å². The lowest BCUT2D eigenvalue weighted by Gasteiger charge is -2.31. The van der Waals surface area contributed by atoms with E-state index in [0.29, 0.717) is 0 Å². The lowest BCUT2D eigenvalue weighted by Crippen LogP contribution is -2.52. The van der Waals surface area contributed by atoms with Crippen LogP contribution < -0.4 is 31.9 Å². The zero-order chi connectivity index (χ0) is 99.8. The smallest absolute Gasteiger partial charge is 0.408 e. The highest BCUT2D eigenvalue weighted by Gasteiger charge is 2.38. The third-order valence-electron chi connectivity index (χ3n) is 13.1. The van der Waals surface area contributed by atoms with Crippen LogP contribution in [0.25, 0.3) is 11.1 Å². The summed E-state index contributed by atoms with van der Waals surface area (Å²) in [6.45, 7) is 75.2. The van der Waals surface area contributed by atoms with Gasteiger partial charge in [-0.1, -0.05) is 0 Å². The summed E-state index contributed by atoms with van der Waals surface area (Å²) in [5.74, 6) is -4.61. The van der Waals surface area contributed by atoms with Crippen LogP contribution in [0.4, 0.5) is 33.2 Å². The second-order valence-electron chi connectivity index (χ2n) is 40.7. The molecule has 124 heavy (non-hydrogen) atoms. The maximum atomic E-state index is 13.0. The molecule has 38 nitrogen and oxygen atoms in total. The zero-order valence-corrected chi connectivity index (χ0v) is 82.4. The van der Waals surface area contributed by atoms with Crippen molar-refractivity contribution in [2.24, 2.45) is 0 Å². The van der Waals surface area contributed by atoms with Crippen molar-refractivity contribution in [3.05, 3.63) is 11.1 Å². The Hall–Kier alpha value is -8.84. The highest BCUT2D eigenvalue weighted by molar-refractivity contribution is 6.28. The minimum atomic E-state index is -1.66. The van der Waals surface area contributed by atoms with Gasteiger partial charge in [0.2, 0.25) is 5.78 Å². The molecule has 12 atom stereocenters. The number of halogens is 1. The third kappa shape index (κ3) is 80.3. The Morgan fingerprint density at radius 3 is 0.758 bits per heavy atom. The number of ketones is 2. The monoisotopic (exact) mass is 1790 g/mol. The Kier molecular flexibility index (Phi) is 55.1. The van der Waals surface area contributed by atoms with Gasteiger partial charge >= 0.3 is 78.9 Å². The summed E-state index contributed by atoms with van der Waals surface area (Å²) in [5.41, 5.74) is 10.0. The molecular weight excluding hydrogens is 1630 g/mol. The van der Waals surface area contributed by atoms with E-state index in [1.807, 2.05) is 104 Å². The number of esters is 2. The molecule has 0 aliphatic carbocycles. The van der Waals surface area contributed by atoms with Crippen LogP contribution in [0.15, 0.2) is 0 Å². The Morgan fingerprint density at radius 1 is 0.315 bits per heavy atom. The number of alkyl carbamates (subject to hydrolysis) is 6. The van der Waals surface area contributed by atoms with Crippen molar-refractivity contribution in [3.8, 4) is 0 Å². The molecule has 39 heteroatoms. The van der Waals surface area contributed by atoms with Gasteiger partial charge in [0.25, 0.3) is 5.78 Å². The number of amides is 6. The summed E-state index contributed by atoms with van der Waals surface area (Å²) in [4.78, 5) is 155. The zero-order valence-electron chi connectivity index (χ0n) is 82.4. The van der Waals surface area contributed by atoms with Gasteiger partial charge in [0.15, 0.2) is 6.04 Å². The predicted molar refractivity (Wildman–Crippen MR) is 462 cm³/mol. The van der Waals surface area contributed by atoms with Crippen LogP contribution in [0.3, 0.4) is 0 Å². The average Bonchev–Trinajstić information content (AvgIpc) is 0.878. The van der Waals surface area contributed by atoms with Crippen molar-refractivity contribution >= 4 is 90.5 Å². The van der Waals surface area contributed by atoms with Gasteiger partial charge in [-0.3, -0.25) is 28.8 Å². The molecule has 722 valence electrons. The minimum absolute atomic E-state index is 0.0550. The highest BCUT2D eigenvalue weighted by Crippen LogP contribution is 2.23. The van der Waals surface area contributed by atoms with Crippen LogP contribution in [-0.2, 0) is 95.1 Å². The summed E-state index contributed by atoms with van der Waals surface area (Å²) < 4.78 is 82.1. The maximum Gasteiger partial charge on any atom is 0.408 e. The van der Waals surface area contributed by atoms with Crippen LogP contribution in [0.2, 0.25) is 0 Å². The summed E-state index contributed by atoms with van der Waals surface area (Å²) in [5, 5.41) is 32.8. The number of hydrogen-bond acceptors (Lipinski definition) is 26. The lowest BCUT2D eigenvalue weighted by atomic mass is 10.0. The number of carboxylic acid groups (broad SMARTS) is 2. The van der Waals surface area contributed by atoms with Gasteiger partial charge in [0.1, 0.15) is 45.7 Å². The fraction of sp³-hybridized carbons (Fsp3) is 0.824. The largest absolute Gasteiger partial charge is 0.481 e. The molecule has 0 rings (SSSR count). The average molecular weight is 1790 g/mol. The number of rotatable bonds is 29. The Balaban J connectivity index is -0.000000337. The fourth-order valence-corrected chi connectivity index (χ4v) is 9.68. The van der Waals surface area contributed by atoms with Crippen molar-refractivity contribution < 1.29 is 148 Å². The first-order chi connectivity index (χ1) is 54.8. The van der Waals surface area contributed by atoms with Gasteiger partial charge in [-0.2, -0.15) is 14.0 Å². The van der Waals surface area contributed by atoms with Gasteiger partial charge in [-0.25, -0.2) is 33.6 Å². The van der Waals surface area contributed by atoms with Crippen LogP contribution >= 0.6 is 0 Å². The quantitative estimate of drug-likeness (QED) is 0.00656. The first kappa shape index (κ1) is 126. The summed E-state index contributed by atoms with van der Waals surface area (Å²) in [6.07, 6.45) is -6.72. The summed E-state index contributed by atoms with van der Waals surface area (Å²) >= 11 is 0. The molecular formula is C85H157FN10O28. The van der Waals surface area contributed by atoms with Crippen molar-refractivity contribution in [1.29, 1.82) is 0 Å². The number of carbonyl (C=O) groups is 13. The number of nitrogens with zero attached hydrogens (tertiary/aromatic N) is 4. The summed E-state index contributed by atoms with van der Waals surface area (Å²) in [6, 6.07) is -7.14. The third-order valence-corrected chi connectivity index (χ3v) is 13.1. The normalized spacial score (nSPS) is 15.0. The molecule has 0 aromatic carbocycles. The molecule has 0 aromatic rings. The molecule has 0 aliphatic rings. The molecule has 0 aromatic heterocycles. The molecule has 0 radical (unpaired) electrons. The number of Topliss-reactive ketones (excluding diaryl/α,β-unsaturated/α-hetero) is 2. The number of carboxylic acids is 2. The Morgan fingerprint density at radius 2 is 0.532 bits per heavy atom. The van der Waals surface area contributed by atoms with E-state index < -0.39 is 218 Å². The van der Waals surface area contributed by atoms with E-state index in [9.17, 15) is 66.7 Å². The van der Waals surface area contributed by atoms with Crippen molar-refractivity contribution in [1.82, 2.24) is 31.9 Å². The van der Waals surface area contributed by atoms with E-state index in [-0.39, 0.29) is 19.3 Å². The molecule has 0 aliphatic heterocycles. The van der Waals surface area contributed by atoms with Crippen molar-refractivity contribution in [2.75, 3.05) is 0 Å². The predicted octanol–water partition coefficient (Wildman–Crippen LogP) is 14.2. The highest BCUT2D eigenvalue weighted by atomic mass is 19.1. The Bertz CT molecular complexity index is 3400. The number of hydrogen-bond donors (Lipinski definition) is 8. The van der Waals surface area contributed by atoms with E-state index in [2.05, 4.69) is 46.2 Å². The second-order valence-corrected chi connectivity index (χ2v) is 40.7. The van der Waals surface area contributed by atoms with Crippen molar-refractivity contribution in [3.63, 3.8) is 0 Å². The lowest BCUT2D eigenvalue weighted by molar-refractivity contribution is -0.159. The molecule has 6 amide bonds. The molecule has 0 saturated carbocycles. The maximum absolute atomic E-state index is 13.0. The van der Waals surface area contributed by atoms with Crippen LogP contribution in [0, 0.1) is 0 Å². The Labute approximate surface area is 735 Å². The molecule has 0 spiro atoms. The molecule has 0 saturated heterocycles. The molecule has 0 bridgehead atoms. The van der Waals surface area contributed by atoms with Gasteiger partial charge in [-0.05, 0) is 291 Å². The standard InChI is InChI=1S/C16H29NO6.C15H27N3O4.C14H25N3O4.C14H27NO5.C13H24FNO4.C13H25NO5/c1-10(22-15(3,4)5)12(9-13(19)21-11(2)18)17-14(20)23-16(6,7)8;1-10(21-14(2,3)4)12(8-11(19)9-17-16)18-13(20)22-15(5,6)7;1-9(20-13(2,3)4)11(10(18)8-16-15)17-12(19)21-14(5,6)7;1-9(19-13(2,3)4)10(8-11(16)17)15-12(18)20-14(5,6)7;1-8(18-12(2,3)4)9(10(14)16)15-11(17)19-13(5,6)7;1-8(18-12(2,3)4)9(10(15)16)14-11(17)19-13(5,6)7/h10,12H,9H2,1-8H3,(H,17,20);9-10,12H,8H2,1-7H3,(H,18,20);8-9,11H,1-7H3,(H,17,19);9-10H,8H2,1-7H3,(H,15,18)(H,16,17);8-9H,1-7H3,(H,15,17);8-9H,1-7H3,(H,14,17)(H,15,16)/t2*10-,12-;9-,11+;9-,10-;2*8-,9+/m111111/s1. The van der Waals surface area contributed by atoms with Crippen LogP contribution in [0.5, 0.6) is 0 Å². The molecule has 0 unspecified atom stereocenters. The van der Waals surface area contributed by atoms with Gasteiger partial charge < -0.3 is 115 Å². The van der Waals surface area contributed by atoms with Gasteiger partial charge in [0.05, 0.1) is 101 Å². The van der Waals surface area contributed by atoms with E-state index in [1.165, 1.54) is 6.92 Å². The fourth-order valence-electron chi connectivity index (χ4n) is 9.68. The van der Waals surface area contributed by atoms with E-state index in [4.69, 9.17) is 78.1 Å². The number of ether oxygens (including phenoxy) is 13. The van der Waals surface area contributed by atoms with E-state index >= 15 is 0 Å². The topological polar surface area (TPSA) is 527 Å². The van der Waals surface area contributed by atoms with Crippen molar-refractivity contribution in [2.45, 2.75) is 457 Å². The SMILES string of the molecule is CC(=O)OC(=O)C[C@@H](NC(=O)OC(C)(C)C)[C@@H](C)OC(C)(C)C.C[C@@H](OC(C)(C)C)[C@@H](CC(=O)C=[N+]=[N-])NC(=O)OC(C)(C)C.C[C@@H](OC(C)(C)C)[C@@H](CC(=O)O)NC(=O)OC(C)(C)C.C[C@@H](OC(C)(C)C)[C@H](NC(=O)OC(C)(C)C)C(=O)C=[N+]=[N-].C[C@@H](OC(C)(C)C)[C@H](NC(=O)OC(C)(C)C)C(=O)F.C[C@@H](OC(C)(C)C)[C@H](NC(=O)OC(C)(C)C)C(=O)O. The molecule has 0 fully saturated rings. The number of aliphatic carboxylic acids is 2. The van der Waals surface area contributed by atoms with E-state index in [1.54, 1.807) is 180 Å². The van der Waals surface area contributed by atoms with Crippen LogP contribution in [-0.4, -0.2) is 250 Å². The number of carbonyl (C=O) groups excluding carboxylic acids is 11. The van der Waals surface area contributed by atoms with E-state index in [0.717, 1.165) is 19.4 Å².